The van der Waals surface area contributed by atoms with Crippen LogP contribution in [0.1, 0.15) is 0 Å². The Morgan fingerprint density at radius 3 is 1.91 bits per heavy atom. The van der Waals surface area contributed by atoms with E-state index in [0.717, 1.165) is 16.8 Å². The standard InChI is InChI=1S/C41H25NS/c1-2-10-26(11-3-1)27-20-21-33-31-14-4-5-15-32(31)35-22-23-38(42-40(35)37(33)25-27)29-13-8-12-28(24-29)30-17-9-18-36-34-16-6-7-19-39(34)43-41(30)36/h1-25H. The fourth-order valence-electron chi connectivity index (χ4n) is 6.60. The smallest absolute Gasteiger partial charge is 0.0794 e. The summed E-state index contributed by atoms with van der Waals surface area (Å²) in [5, 5.41) is 8.74. The molecule has 7 aromatic carbocycles. The van der Waals surface area contributed by atoms with Crippen molar-refractivity contribution in [2.24, 2.45) is 0 Å². The Balaban J connectivity index is 1.26. The van der Waals surface area contributed by atoms with Gasteiger partial charge in [0, 0.05) is 36.5 Å². The van der Waals surface area contributed by atoms with Crippen LogP contribution in [0.2, 0.25) is 0 Å². The van der Waals surface area contributed by atoms with E-state index in [-0.39, 0.29) is 0 Å². The maximum Gasteiger partial charge on any atom is 0.0794 e. The number of pyridine rings is 1. The first-order valence-corrected chi connectivity index (χ1v) is 15.5. The third kappa shape index (κ3) is 3.88. The molecule has 0 fully saturated rings. The lowest BCUT2D eigenvalue weighted by atomic mass is 9.93. The highest BCUT2D eigenvalue weighted by molar-refractivity contribution is 7.26. The highest BCUT2D eigenvalue weighted by Gasteiger charge is 2.14. The molecule has 9 aromatic rings. The first kappa shape index (κ1) is 24.3. The van der Waals surface area contributed by atoms with Gasteiger partial charge in [-0.3, -0.25) is 0 Å². The van der Waals surface area contributed by atoms with Gasteiger partial charge in [0.05, 0.1) is 11.2 Å². The molecular weight excluding hydrogens is 539 g/mol. The molecule has 0 saturated heterocycles. The Bertz CT molecular complexity index is 2510. The summed E-state index contributed by atoms with van der Waals surface area (Å²) < 4.78 is 2.66. The molecule has 0 atom stereocenters. The van der Waals surface area contributed by atoms with Crippen LogP contribution in [-0.2, 0) is 0 Å². The third-order valence-corrected chi connectivity index (χ3v) is 9.88. The average molecular weight is 564 g/mol. The molecule has 0 aliphatic carbocycles. The van der Waals surface area contributed by atoms with Crippen LogP contribution >= 0.6 is 11.3 Å². The second kappa shape index (κ2) is 9.62. The molecule has 9 rings (SSSR count). The lowest BCUT2D eigenvalue weighted by Crippen LogP contribution is -1.90. The Kier molecular flexibility index (Phi) is 5.44. The third-order valence-electron chi connectivity index (χ3n) is 8.66. The zero-order valence-electron chi connectivity index (χ0n) is 23.3. The van der Waals surface area contributed by atoms with Gasteiger partial charge in [-0.25, -0.2) is 4.98 Å². The van der Waals surface area contributed by atoms with E-state index in [1.165, 1.54) is 69.4 Å². The predicted octanol–water partition coefficient (Wildman–Crippen LogP) is 11.9. The number of hydrogen-bond acceptors (Lipinski definition) is 2. The van der Waals surface area contributed by atoms with Gasteiger partial charge < -0.3 is 0 Å². The fourth-order valence-corrected chi connectivity index (χ4v) is 7.84. The summed E-state index contributed by atoms with van der Waals surface area (Å²) in [7, 11) is 0. The summed E-state index contributed by atoms with van der Waals surface area (Å²) in [5.41, 5.74) is 8.05. The topological polar surface area (TPSA) is 12.9 Å². The second-order valence-electron chi connectivity index (χ2n) is 11.1. The van der Waals surface area contributed by atoms with Crippen LogP contribution in [0.5, 0.6) is 0 Å². The van der Waals surface area contributed by atoms with Crippen molar-refractivity contribution in [2.75, 3.05) is 0 Å². The molecule has 43 heavy (non-hydrogen) atoms. The van der Waals surface area contributed by atoms with E-state index in [9.17, 15) is 0 Å². The lowest BCUT2D eigenvalue weighted by molar-refractivity contribution is 1.41. The Morgan fingerprint density at radius 1 is 0.372 bits per heavy atom. The summed E-state index contributed by atoms with van der Waals surface area (Å²) >= 11 is 1.87. The summed E-state index contributed by atoms with van der Waals surface area (Å²) in [6, 6.07) is 54.8. The van der Waals surface area contributed by atoms with Gasteiger partial charge in [-0.05, 0) is 68.7 Å². The molecule has 0 amide bonds. The minimum Gasteiger partial charge on any atom is -0.247 e. The average Bonchev–Trinajstić information content (AvgIpc) is 3.47. The first-order valence-electron chi connectivity index (χ1n) is 14.6. The molecule has 200 valence electrons. The summed E-state index contributed by atoms with van der Waals surface area (Å²) in [6.45, 7) is 0. The molecule has 0 spiro atoms. The number of thiophene rings is 1. The van der Waals surface area contributed by atoms with Gasteiger partial charge in [-0.15, -0.1) is 11.3 Å². The van der Waals surface area contributed by atoms with Gasteiger partial charge in [0.25, 0.3) is 0 Å². The second-order valence-corrected chi connectivity index (χ2v) is 12.2. The highest BCUT2D eigenvalue weighted by atomic mass is 32.1. The van der Waals surface area contributed by atoms with Crippen LogP contribution in [-0.4, -0.2) is 4.98 Å². The maximum absolute atomic E-state index is 5.39. The van der Waals surface area contributed by atoms with E-state index in [4.69, 9.17) is 4.98 Å². The molecule has 0 bridgehead atoms. The van der Waals surface area contributed by atoms with Crippen molar-refractivity contribution in [1.82, 2.24) is 4.98 Å². The van der Waals surface area contributed by atoms with Gasteiger partial charge in [0.2, 0.25) is 0 Å². The summed E-state index contributed by atoms with van der Waals surface area (Å²) in [4.78, 5) is 5.39. The summed E-state index contributed by atoms with van der Waals surface area (Å²) in [5.74, 6) is 0. The van der Waals surface area contributed by atoms with Crippen molar-refractivity contribution in [2.45, 2.75) is 0 Å². The Hall–Kier alpha value is -5.31. The van der Waals surface area contributed by atoms with E-state index in [2.05, 4.69) is 152 Å². The predicted molar refractivity (Wildman–Crippen MR) is 186 cm³/mol. The van der Waals surface area contributed by atoms with Crippen molar-refractivity contribution in [3.8, 4) is 33.5 Å². The monoisotopic (exact) mass is 563 g/mol. The number of benzene rings is 7. The lowest BCUT2D eigenvalue weighted by Gasteiger charge is -2.13. The van der Waals surface area contributed by atoms with Crippen LogP contribution in [0.4, 0.5) is 0 Å². The van der Waals surface area contributed by atoms with E-state index >= 15 is 0 Å². The largest absolute Gasteiger partial charge is 0.247 e. The SMILES string of the molecule is c1ccc(-c2ccc3c4ccccc4c4ccc(-c5cccc(-c6cccc7c6sc6ccccc67)c5)nc4c3c2)cc1. The van der Waals surface area contributed by atoms with E-state index < -0.39 is 0 Å². The Morgan fingerprint density at radius 2 is 1.02 bits per heavy atom. The highest BCUT2D eigenvalue weighted by Crippen LogP contribution is 2.41. The molecule has 2 heterocycles. The van der Waals surface area contributed by atoms with Crippen molar-refractivity contribution in [3.05, 3.63) is 152 Å². The Labute approximate surface area is 253 Å². The fraction of sp³-hybridized carbons (Fsp3) is 0. The zero-order chi connectivity index (χ0) is 28.3. The van der Waals surface area contributed by atoms with Crippen molar-refractivity contribution < 1.29 is 0 Å². The number of fused-ring (bicyclic) bond motifs is 9. The van der Waals surface area contributed by atoms with Gasteiger partial charge in [0.1, 0.15) is 0 Å². The maximum atomic E-state index is 5.39. The molecule has 2 heteroatoms. The molecule has 0 saturated carbocycles. The molecule has 0 radical (unpaired) electrons. The van der Waals surface area contributed by atoms with Crippen molar-refractivity contribution in [3.63, 3.8) is 0 Å². The summed E-state index contributed by atoms with van der Waals surface area (Å²) in [6.07, 6.45) is 0. The molecule has 0 unspecified atom stereocenters. The number of aromatic nitrogens is 1. The van der Waals surface area contributed by atoms with Gasteiger partial charge in [-0.1, -0.05) is 121 Å². The number of nitrogens with zero attached hydrogens (tertiary/aromatic N) is 1. The minimum atomic E-state index is 0.986. The molecular formula is C41H25NS. The number of rotatable bonds is 3. The quantitative estimate of drug-likeness (QED) is 0.195. The van der Waals surface area contributed by atoms with Gasteiger partial charge in [-0.2, -0.15) is 0 Å². The zero-order valence-corrected chi connectivity index (χ0v) is 24.1. The molecule has 0 aliphatic rings. The minimum absolute atomic E-state index is 0.986. The number of hydrogen-bond donors (Lipinski definition) is 0. The van der Waals surface area contributed by atoms with Crippen LogP contribution in [0.3, 0.4) is 0 Å². The van der Waals surface area contributed by atoms with Crippen molar-refractivity contribution >= 4 is 64.0 Å². The van der Waals surface area contributed by atoms with Crippen LogP contribution in [0.15, 0.2) is 152 Å². The van der Waals surface area contributed by atoms with Crippen LogP contribution in [0.25, 0.3) is 86.1 Å². The molecule has 0 aliphatic heterocycles. The van der Waals surface area contributed by atoms with Crippen LogP contribution in [0, 0.1) is 0 Å². The van der Waals surface area contributed by atoms with Gasteiger partial charge >= 0.3 is 0 Å². The van der Waals surface area contributed by atoms with E-state index in [0.29, 0.717) is 0 Å². The first-order chi connectivity index (χ1) is 21.3. The van der Waals surface area contributed by atoms with Crippen molar-refractivity contribution in [1.29, 1.82) is 0 Å². The molecule has 0 N–H and O–H groups in total. The normalized spacial score (nSPS) is 11.7. The van der Waals surface area contributed by atoms with Crippen LogP contribution < -0.4 is 0 Å². The molecule has 2 aromatic heterocycles. The van der Waals surface area contributed by atoms with Gasteiger partial charge in [0.15, 0.2) is 0 Å². The molecule has 1 nitrogen and oxygen atoms in total. The van der Waals surface area contributed by atoms with E-state index in [1.54, 1.807) is 0 Å². The van der Waals surface area contributed by atoms with E-state index in [1.807, 2.05) is 11.3 Å².